The van der Waals surface area contributed by atoms with E-state index < -0.39 is 0 Å². The van der Waals surface area contributed by atoms with Crippen molar-refractivity contribution in [1.29, 1.82) is 0 Å². The van der Waals surface area contributed by atoms with Gasteiger partial charge in [-0.25, -0.2) is 9.37 Å². The zero-order valence-electron chi connectivity index (χ0n) is 7.83. The first-order chi connectivity index (χ1) is 6.81. The van der Waals surface area contributed by atoms with Crippen LogP contribution in [0.25, 0.3) is 11.5 Å². The quantitative estimate of drug-likeness (QED) is 0.729. The maximum atomic E-state index is 13.3. The summed E-state index contributed by atoms with van der Waals surface area (Å²) in [6, 6.07) is 6.45. The Morgan fingerprint density at radius 1 is 1.36 bits per heavy atom. The maximum absolute atomic E-state index is 13.3. The summed E-state index contributed by atoms with van der Waals surface area (Å²) in [7, 11) is 0. The van der Waals surface area contributed by atoms with Gasteiger partial charge in [0.2, 0.25) is 5.89 Å². The summed E-state index contributed by atoms with van der Waals surface area (Å²) < 4.78 is 18.5. The van der Waals surface area contributed by atoms with Crippen molar-refractivity contribution >= 4 is 0 Å². The summed E-state index contributed by atoms with van der Waals surface area (Å²) in [6.45, 7) is 1.98. The van der Waals surface area contributed by atoms with Gasteiger partial charge in [0.1, 0.15) is 12.1 Å². The molecule has 14 heavy (non-hydrogen) atoms. The number of aromatic nitrogens is 1. The van der Waals surface area contributed by atoms with Crippen LogP contribution in [-0.2, 0) is 6.42 Å². The van der Waals surface area contributed by atoms with Crippen molar-refractivity contribution in [2.24, 2.45) is 0 Å². The van der Waals surface area contributed by atoms with Crippen LogP contribution in [-0.4, -0.2) is 4.98 Å². The van der Waals surface area contributed by atoms with E-state index in [1.807, 2.05) is 6.92 Å². The third kappa shape index (κ3) is 1.53. The van der Waals surface area contributed by atoms with E-state index in [0.717, 1.165) is 12.1 Å². The molecule has 0 spiro atoms. The summed E-state index contributed by atoms with van der Waals surface area (Å²) in [4.78, 5) is 4.15. The van der Waals surface area contributed by atoms with E-state index in [9.17, 15) is 4.39 Å². The van der Waals surface area contributed by atoms with Gasteiger partial charge in [0.15, 0.2) is 0 Å². The molecular formula is C11H10FNO. The van der Waals surface area contributed by atoms with Crippen LogP contribution in [0.5, 0.6) is 0 Å². The minimum Gasteiger partial charge on any atom is -0.444 e. The van der Waals surface area contributed by atoms with Crippen LogP contribution in [0, 0.1) is 5.82 Å². The predicted octanol–water partition coefficient (Wildman–Crippen LogP) is 3.04. The molecule has 0 fully saturated rings. The van der Waals surface area contributed by atoms with Crippen molar-refractivity contribution in [1.82, 2.24) is 4.98 Å². The van der Waals surface area contributed by atoms with E-state index in [-0.39, 0.29) is 5.82 Å². The van der Waals surface area contributed by atoms with Gasteiger partial charge < -0.3 is 4.42 Å². The molecule has 1 aromatic heterocycles. The standard InChI is InChI=1S/C11H10FNO/c1-2-8-7-14-11(13-8)9-5-3-4-6-10(9)12/h3-7H,2H2,1H3. The summed E-state index contributed by atoms with van der Waals surface area (Å²) in [6.07, 6.45) is 2.35. The summed E-state index contributed by atoms with van der Waals surface area (Å²) in [5.41, 5.74) is 1.25. The Hall–Kier alpha value is -1.64. The minimum atomic E-state index is -0.308. The molecule has 0 amide bonds. The molecule has 0 saturated heterocycles. The van der Waals surface area contributed by atoms with Crippen molar-refractivity contribution in [3.05, 3.63) is 42.0 Å². The van der Waals surface area contributed by atoms with E-state index in [2.05, 4.69) is 4.98 Å². The van der Waals surface area contributed by atoms with Crippen LogP contribution < -0.4 is 0 Å². The fraction of sp³-hybridized carbons (Fsp3) is 0.182. The first kappa shape index (κ1) is 8.94. The molecule has 72 valence electrons. The van der Waals surface area contributed by atoms with E-state index in [4.69, 9.17) is 4.42 Å². The van der Waals surface area contributed by atoms with Crippen LogP contribution in [0.4, 0.5) is 4.39 Å². The average molecular weight is 191 g/mol. The summed E-state index contributed by atoms with van der Waals surface area (Å²) in [5.74, 6) is 0.0388. The number of hydrogen-bond donors (Lipinski definition) is 0. The lowest BCUT2D eigenvalue weighted by molar-refractivity contribution is 0.561. The molecular weight excluding hydrogens is 181 g/mol. The first-order valence-corrected chi connectivity index (χ1v) is 4.50. The SMILES string of the molecule is CCc1coc(-c2ccccc2F)n1. The van der Waals surface area contributed by atoms with Crippen molar-refractivity contribution < 1.29 is 8.81 Å². The minimum absolute atomic E-state index is 0.308. The molecule has 0 bridgehead atoms. The molecule has 0 saturated carbocycles. The largest absolute Gasteiger partial charge is 0.444 e. The van der Waals surface area contributed by atoms with Gasteiger partial charge in [-0.3, -0.25) is 0 Å². The van der Waals surface area contributed by atoms with Gasteiger partial charge in [-0.15, -0.1) is 0 Å². The second-order valence-corrected chi connectivity index (χ2v) is 2.98. The molecule has 0 unspecified atom stereocenters. The van der Waals surface area contributed by atoms with Gasteiger partial charge in [0, 0.05) is 0 Å². The lowest BCUT2D eigenvalue weighted by atomic mass is 10.2. The molecule has 0 aliphatic heterocycles. The van der Waals surface area contributed by atoms with E-state index in [1.165, 1.54) is 6.07 Å². The second-order valence-electron chi connectivity index (χ2n) is 2.98. The smallest absolute Gasteiger partial charge is 0.229 e. The van der Waals surface area contributed by atoms with Crippen LogP contribution in [0.2, 0.25) is 0 Å². The van der Waals surface area contributed by atoms with Crippen molar-refractivity contribution in [2.75, 3.05) is 0 Å². The molecule has 2 nitrogen and oxygen atoms in total. The van der Waals surface area contributed by atoms with Crippen LogP contribution in [0.3, 0.4) is 0 Å². The zero-order chi connectivity index (χ0) is 9.97. The zero-order valence-corrected chi connectivity index (χ0v) is 7.83. The van der Waals surface area contributed by atoms with Crippen LogP contribution >= 0.6 is 0 Å². The Balaban J connectivity index is 2.44. The van der Waals surface area contributed by atoms with Crippen LogP contribution in [0.1, 0.15) is 12.6 Å². The fourth-order valence-electron chi connectivity index (χ4n) is 1.23. The Morgan fingerprint density at radius 2 is 2.14 bits per heavy atom. The lowest BCUT2D eigenvalue weighted by Crippen LogP contribution is -1.84. The monoisotopic (exact) mass is 191 g/mol. The van der Waals surface area contributed by atoms with Crippen molar-refractivity contribution in [3.8, 4) is 11.5 Å². The van der Waals surface area contributed by atoms with E-state index >= 15 is 0 Å². The first-order valence-electron chi connectivity index (χ1n) is 4.50. The van der Waals surface area contributed by atoms with Gasteiger partial charge in [-0.1, -0.05) is 19.1 Å². The van der Waals surface area contributed by atoms with E-state index in [1.54, 1.807) is 24.5 Å². The fourth-order valence-corrected chi connectivity index (χ4v) is 1.23. The molecule has 0 atom stereocenters. The normalized spacial score (nSPS) is 10.4. The number of hydrogen-bond acceptors (Lipinski definition) is 2. The maximum Gasteiger partial charge on any atom is 0.229 e. The van der Waals surface area contributed by atoms with E-state index in [0.29, 0.717) is 11.5 Å². The Morgan fingerprint density at radius 3 is 2.79 bits per heavy atom. The number of oxazole rings is 1. The topological polar surface area (TPSA) is 26.0 Å². The number of halogens is 1. The van der Waals surface area contributed by atoms with Crippen molar-refractivity contribution in [2.45, 2.75) is 13.3 Å². The lowest BCUT2D eigenvalue weighted by Gasteiger charge is -1.95. The van der Waals surface area contributed by atoms with Gasteiger partial charge >= 0.3 is 0 Å². The second kappa shape index (κ2) is 3.62. The molecule has 0 aliphatic rings. The van der Waals surface area contributed by atoms with Gasteiger partial charge in [-0.2, -0.15) is 0 Å². The average Bonchev–Trinajstić information content (AvgIpc) is 2.67. The number of aryl methyl sites for hydroxylation is 1. The molecule has 1 heterocycles. The molecule has 0 aliphatic carbocycles. The molecule has 0 radical (unpaired) electrons. The highest BCUT2D eigenvalue weighted by Crippen LogP contribution is 2.21. The molecule has 1 aromatic carbocycles. The Labute approximate surface area is 81.4 Å². The molecule has 3 heteroatoms. The number of benzene rings is 1. The Kier molecular flexibility index (Phi) is 2.31. The summed E-state index contributed by atoms with van der Waals surface area (Å²) >= 11 is 0. The third-order valence-corrected chi connectivity index (χ3v) is 2.02. The van der Waals surface area contributed by atoms with Gasteiger partial charge in [-0.05, 0) is 18.6 Å². The number of rotatable bonds is 2. The Bertz CT molecular complexity index is 436. The number of nitrogens with zero attached hydrogens (tertiary/aromatic N) is 1. The van der Waals surface area contributed by atoms with Crippen LogP contribution in [0.15, 0.2) is 34.9 Å². The third-order valence-electron chi connectivity index (χ3n) is 2.02. The van der Waals surface area contributed by atoms with Gasteiger partial charge in [0.25, 0.3) is 0 Å². The molecule has 2 aromatic rings. The predicted molar refractivity (Wildman–Crippen MR) is 51.3 cm³/mol. The molecule has 2 rings (SSSR count). The van der Waals surface area contributed by atoms with Gasteiger partial charge in [0.05, 0.1) is 11.3 Å². The molecule has 0 N–H and O–H groups in total. The highest BCUT2D eigenvalue weighted by atomic mass is 19.1. The highest BCUT2D eigenvalue weighted by Gasteiger charge is 2.09. The van der Waals surface area contributed by atoms with Crippen molar-refractivity contribution in [3.63, 3.8) is 0 Å². The summed E-state index contributed by atoms with van der Waals surface area (Å²) in [5, 5.41) is 0. The highest BCUT2D eigenvalue weighted by molar-refractivity contribution is 5.53.